The second-order valence-corrected chi connectivity index (χ2v) is 7.03. The Bertz CT molecular complexity index is 902. The Morgan fingerprint density at radius 1 is 1.26 bits per heavy atom. The van der Waals surface area contributed by atoms with E-state index in [1.54, 1.807) is 13.0 Å². The van der Waals surface area contributed by atoms with E-state index in [-0.39, 0.29) is 42.8 Å². The zero-order valence-corrected chi connectivity index (χ0v) is 17.3. The highest BCUT2D eigenvalue weighted by Crippen LogP contribution is 2.31. The van der Waals surface area contributed by atoms with Gasteiger partial charge in [0, 0.05) is 12.1 Å². The number of amides is 4. The molecule has 5 N–H and O–H groups in total. The summed E-state index contributed by atoms with van der Waals surface area (Å²) in [7, 11) is 0. The fourth-order valence-electron chi connectivity index (χ4n) is 3.40. The molecule has 0 bridgehead atoms. The largest absolute Gasteiger partial charge is 0.480 e. The molecule has 2 atom stereocenters. The SMILES string of the molecule is CCN[C@@H](C)C(=O)O.Nc1cccc2c1C(=O)N(C1CCC(=O)N(CCO)C1=O)C2=O. The first kappa shape index (κ1) is 24.0. The van der Waals surface area contributed by atoms with Crippen molar-refractivity contribution in [3.63, 3.8) is 0 Å². The molecule has 3 rings (SSSR count). The lowest BCUT2D eigenvalue weighted by molar-refractivity contribution is -0.152. The van der Waals surface area contributed by atoms with Crippen LogP contribution >= 0.6 is 0 Å². The van der Waals surface area contributed by atoms with Crippen molar-refractivity contribution < 1.29 is 34.2 Å². The third kappa shape index (κ3) is 4.89. The van der Waals surface area contributed by atoms with Crippen LogP contribution in [0.25, 0.3) is 0 Å². The molecule has 0 spiro atoms. The highest BCUT2D eigenvalue weighted by molar-refractivity contribution is 6.25. The van der Waals surface area contributed by atoms with E-state index in [2.05, 4.69) is 5.32 Å². The fourth-order valence-corrected chi connectivity index (χ4v) is 3.40. The molecule has 11 nitrogen and oxygen atoms in total. The van der Waals surface area contributed by atoms with E-state index in [1.165, 1.54) is 12.1 Å². The summed E-state index contributed by atoms with van der Waals surface area (Å²) in [4.78, 5) is 61.1. The molecule has 0 aliphatic carbocycles. The van der Waals surface area contributed by atoms with Gasteiger partial charge >= 0.3 is 5.97 Å². The number of carbonyl (C=O) groups is 5. The highest BCUT2D eigenvalue weighted by Gasteiger charge is 2.47. The van der Waals surface area contributed by atoms with Crippen LogP contribution in [0.2, 0.25) is 0 Å². The number of aliphatic hydroxyl groups is 1. The number of hydrogen-bond acceptors (Lipinski definition) is 8. The third-order valence-electron chi connectivity index (χ3n) is 4.98. The van der Waals surface area contributed by atoms with Crippen LogP contribution in [0.15, 0.2) is 18.2 Å². The number of likely N-dealkylation sites (N-methyl/N-ethyl adjacent to an activating group) is 1. The maximum Gasteiger partial charge on any atom is 0.320 e. The summed E-state index contributed by atoms with van der Waals surface area (Å²) in [5.41, 5.74) is 6.20. The average Bonchev–Trinajstić information content (AvgIpc) is 2.98. The number of hydrogen-bond donors (Lipinski definition) is 4. The van der Waals surface area contributed by atoms with Gasteiger partial charge in [-0.1, -0.05) is 13.0 Å². The Morgan fingerprint density at radius 2 is 1.94 bits per heavy atom. The van der Waals surface area contributed by atoms with Gasteiger partial charge in [-0.2, -0.15) is 0 Å². The van der Waals surface area contributed by atoms with Gasteiger partial charge in [0.05, 0.1) is 24.3 Å². The molecule has 1 saturated heterocycles. The van der Waals surface area contributed by atoms with Gasteiger partial charge in [0.25, 0.3) is 17.7 Å². The molecule has 1 fully saturated rings. The van der Waals surface area contributed by atoms with Crippen molar-refractivity contribution in [2.75, 3.05) is 25.4 Å². The topological polar surface area (TPSA) is 170 Å². The Hall–Kier alpha value is -3.31. The van der Waals surface area contributed by atoms with Crippen molar-refractivity contribution >= 4 is 35.3 Å². The maximum atomic E-state index is 12.5. The van der Waals surface area contributed by atoms with Gasteiger partial charge in [-0.25, -0.2) is 0 Å². The highest BCUT2D eigenvalue weighted by atomic mass is 16.4. The number of nitrogens with zero attached hydrogens (tertiary/aromatic N) is 2. The summed E-state index contributed by atoms with van der Waals surface area (Å²) in [6.45, 7) is 3.66. The van der Waals surface area contributed by atoms with Gasteiger partial charge in [0.2, 0.25) is 5.91 Å². The van der Waals surface area contributed by atoms with Crippen molar-refractivity contribution in [3.8, 4) is 0 Å². The van der Waals surface area contributed by atoms with Gasteiger partial charge in [0.15, 0.2) is 0 Å². The molecule has 1 aromatic rings. The van der Waals surface area contributed by atoms with Crippen molar-refractivity contribution in [1.29, 1.82) is 0 Å². The molecule has 0 radical (unpaired) electrons. The Labute approximate surface area is 178 Å². The van der Waals surface area contributed by atoms with E-state index < -0.39 is 41.7 Å². The minimum atomic E-state index is -1.05. The number of aliphatic hydroxyl groups excluding tert-OH is 1. The number of piperidine rings is 1. The van der Waals surface area contributed by atoms with Gasteiger partial charge < -0.3 is 21.3 Å². The normalized spacial score (nSPS) is 19.1. The third-order valence-corrected chi connectivity index (χ3v) is 4.98. The monoisotopic (exact) mass is 434 g/mol. The summed E-state index contributed by atoms with van der Waals surface area (Å²) < 4.78 is 0. The number of aliphatic carboxylic acids is 1. The van der Waals surface area contributed by atoms with E-state index in [0.29, 0.717) is 6.54 Å². The number of carbonyl (C=O) groups excluding carboxylic acids is 4. The lowest BCUT2D eigenvalue weighted by Gasteiger charge is -2.34. The number of β-amino-alcohol motifs (C(OH)–C–C–N with tert-alkyl or cyclic N) is 1. The van der Waals surface area contributed by atoms with Crippen LogP contribution in [0, 0.1) is 0 Å². The maximum absolute atomic E-state index is 12.5. The van der Waals surface area contributed by atoms with E-state index in [4.69, 9.17) is 15.9 Å². The minimum Gasteiger partial charge on any atom is -0.480 e. The second-order valence-electron chi connectivity index (χ2n) is 7.03. The molecule has 1 aromatic carbocycles. The number of benzene rings is 1. The van der Waals surface area contributed by atoms with Crippen LogP contribution in [0.3, 0.4) is 0 Å². The molecule has 31 heavy (non-hydrogen) atoms. The average molecular weight is 434 g/mol. The van der Waals surface area contributed by atoms with Crippen LogP contribution < -0.4 is 11.1 Å². The Kier molecular flexibility index (Phi) is 7.83. The Morgan fingerprint density at radius 3 is 2.45 bits per heavy atom. The number of carboxylic acid groups (broad SMARTS) is 1. The summed E-state index contributed by atoms with van der Waals surface area (Å²) >= 11 is 0. The summed E-state index contributed by atoms with van der Waals surface area (Å²) in [6.07, 6.45) is 0.101. The van der Waals surface area contributed by atoms with Crippen molar-refractivity contribution in [3.05, 3.63) is 29.3 Å². The molecule has 2 aliphatic heterocycles. The lowest BCUT2D eigenvalue weighted by atomic mass is 10.0. The standard InChI is InChI=1S/C15H15N3O5.C5H11NO2/c16-9-3-1-2-8-12(9)15(23)18(13(8)21)10-4-5-11(20)17(6-7-19)14(10)22;1-3-6-4(2)5(7)8/h1-3,10,19H,4-7,16H2;4,6H,3H2,1-2H3,(H,7,8)/t;4-/m.0/s1. The Balaban J connectivity index is 0.000000366. The van der Waals surface area contributed by atoms with Crippen LogP contribution in [0.5, 0.6) is 0 Å². The first-order chi connectivity index (χ1) is 14.6. The first-order valence-corrected chi connectivity index (χ1v) is 9.83. The molecular weight excluding hydrogens is 408 g/mol. The molecule has 2 aliphatic rings. The molecule has 0 aromatic heterocycles. The van der Waals surface area contributed by atoms with Crippen molar-refractivity contribution in [2.45, 2.75) is 38.8 Å². The van der Waals surface area contributed by atoms with Crippen LogP contribution in [-0.2, 0) is 14.4 Å². The summed E-state index contributed by atoms with van der Waals surface area (Å²) in [6, 6.07) is 3.09. The number of likely N-dealkylation sites (tertiary alicyclic amines) is 1. The molecule has 0 saturated carbocycles. The van der Waals surface area contributed by atoms with Gasteiger partial charge in [-0.3, -0.25) is 33.8 Å². The molecule has 1 unspecified atom stereocenters. The zero-order chi connectivity index (χ0) is 23.3. The zero-order valence-electron chi connectivity index (χ0n) is 17.3. The van der Waals surface area contributed by atoms with E-state index in [0.717, 1.165) is 9.80 Å². The molecular formula is C20H26N4O7. The van der Waals surface area contributed by atoms with Gasteiger partial charge in [-0.05, 0) is 32.0 Å². The number of rotatable bonds is 6. The number of nitrogen functional groups attached to an aromatic ring is 1. The number of nitrogens with two attached hydrogens (primary N) is 1. The lowest BCUT2D eigenvalue weighted by Crippen LogP contribution is -2.56. The molecule has 168 valence electrons. The number of anilines is 1. The quantitative estimate of drug-likeness (QED) is 0.338. The number of carboxylic acids is 1. The van der Waals surface area contributed by atoms with Crippen LogP contribution in [0.1, 0.15) is 47.4 Å². The van der Waals surface area contributed by atoms with Gasteiger partial charge in [-0.15, -0.1) is 0 Å². The second kappa shape index (κ2) is 10.1. The predicted molar refractivity (Wildman–Crippen MR) is 109 cm³/mol. The van der Waals surface area contributed by atoms with E-state index >= 15 is 0 Å². The number of imide groups is 2. The fraction of sp³-hybridized carbons (Fsp3) is 0.450. The summed E-state index contributed by atoms with van der Waals surface area (Å²) in [5.74, 6) is -3.08. The van der Waals surface area contributed by atoms with Crippen LogP contribution in [0.4, 0.5) is 5.69 Å². The van der Waals surface area contributed by atoms with Gasteiger partial charge in [0.1, 0.15) is 12.1 Å². The predicted octanol–water partition coefficient (Wildman–Crippen LogP) is -0.556. The van der Waals surface area contributed by atoms with Crippen molar-refractivity contribution in [2.24, 2.45) is 0 Å². The van der Waals surface area contributed by atoms with E-state index in [9.17, 15) is 24.0 Å². The number of nitrogens with one attached hydrogen (secondary N) is 1. The minimum absolute atomic E-state index is 0.0271. The molecule has 11 heteroatoms. The molecule has 2 heterocycles. The van der Waals surface area contributed by atoms with Crippen LogP contribution in [-0.4, -0.2) is 81.4 Å². The smallest absolute Gasteiger partial charge is 0.320 e. The summed E-state index contributed by atoms with van der Waals surface area (Å²) in [5, 5.41) is 20.0. The first-order valence-electron chi connectivity index (χ1n) is 9.83. The van der Waals surface area contributed by atoms with Crippen molar-refractivity contribution in [1.82, 2.24) is 15.1 Å². The molecule has 4 amide bonds. The van der Waals surface area contributed by atoms with E-state index in [1.807, 2.05) is 6.92 Å². The number of fused-ring (bicyclic) bond motifs is 1.